The highest BCUT2D eigenvalue weighted by atomic mass is 32.2. The van der Waals surface area contributed by atoms with Crippen molar-refractivity contribution < 1.29 is 18.3 Å². The van der Waals surface area contributed by atoms with Gasteiger partial charge in [0.2, 0.25) is 10.0 Å². The molecule has 28 heavy (non-hydrogen) atoms. The maximum absolute atomic E-state index is 13.2. The van der Waals surface area contributed by atoms with E-state index in [1.807, 2.05) is 51.1 Å². The van der Waals surface area contributed by atoms with Crippen molar-refractivity contribution >= 4 is 10.0 Å². The maximum Gasteiger partial charge on any atom is 0.243 e. The third-order valence-corrected chi connectivity index (χ3v) is 6.56. The smallest absolute Gasteiger partial charge is 0.243 e. The van der Waals surface area contributed by atoms with Gasteiger partial charge in [0, 0.05) is 13.1 Å². The van der Waals surface area contributed by atoms with E-state index in [4.69, 9.17) is 4.74 Å². The minimum Gasteiger partial charge on any atom is -0.497 e. The summed E-state index contributed by atoms with van der Waals surface area (Å²) in [5.41, 5.74) is 1.13. The fourth-order valence-electron chi connectivity index (χ4n) is 3.09. The minimum atomic E-state index is -3.70. The Kier molecular flexibility index (Phi) is 8.04. The van der Waals surface area contributed by atoms with Crippen LogP contribution in [0.5, 0.6) is 5.75 Å². The summed E-state index contributed by atoms with van der Waals surface area (Å²) >= 11 is 0. The fraction of sp³-hybridized carbons (Fsp3) is 0.455. The number of aliphatic hydroxyl groups excluding tert-OH is 1. The van der Waals surface area contributed by atoms with Crippen molar-refractivity contribution in [3.8, 4) is 5.75 Å². The molecular weight excluding hydrogens is 374 g/mol. The van der Waals surface area contributed by atoms with Crippen LogP contribution in [-0.4, -0.2) is 44.1 Å². The molecule has 0 aliphatic rings. The Morgan fingerprint density at radius 3 is 2.11 bits per heavy atom. The van der Waals surface area contributed by atoms with Gasteiger partial charge in [0.1, 0.15) is 5.75 Å². The van der Waals surface area contributed by atoms with Crippen LogP contribution in [0.4, 0.5) is 0 Å². The standard InChI is InChI=1S/C22H31NO4S/c1-17(2)15-23(28(25,26)21-12-10-20(27-4)11-13-21)16-22(24)18(3)14-19-8-6-5-7-9-19/h5-13,17-18,22,24H,14-16H2,1-4H3/t18-,22+/m0/s1. The molecule has 2 aromatic carbocycles. The van der Waals surface area contributed by atoms with E-state index in [9.17, 15) is 13.5 Å². The second-order valence-electron chi connectivity index (χ2n) is 7.63. The summed E-state index contributed by atoms with van der Waals surface area (Å²) in [5, 5.41) is 10.7. The molecular formula is C22H31NO4S. The van der Waals surface area contributed by atoms with Crippen LogP contribution in [0.15, 0.2) is 59.5 Å². The molecule has 0 heterocycles. The van der Waals surface area contributed by atoms with Gasteiger partial charge in [-0.05, 0) is 48.1 Å². The second kappa shape index (κ2) is 10.0. The van der Waals surface area contributed by atoms with E-state index in [-0.39, 0.29) is 23.3 Å². The quantitative estimate of drug-likeness (QED) is 0.656. The Bertz CT molecular complexity index is 819. The van der Waals surface area contributed by atoms with Crippen molar-refractivity contribution in [2.75, 3.05) is 20.2 Å². The first-order valence-corrected chi connectivity index (χ1v) is 11.0. The van der Waals surface area contributed by atoms with Gasteiger partial charge in [-0.15, -0.1) is 0 Å². The average Bonchev–Trinajstić information content (AvgIpc) is 2.67. The van der Waals surface area contributed by atoms with Gasteiger partial charge in [0.05, 0.1) is 18.1 Å². The molecule has 0 aliphatic heterocycles. The van der Waals surface area contributed by atoms with Gasteiger partial charge < -0.3 is 9.84 Å². The fourth-order valence-corrected chi connectivity index (χ4v) is 4.71. The maximum atomic E-state index is 13.2. The van der Waals surface area contributed by atoms with Crippen molar-refractivity contribution in [3.05, 3.63) is 60.2 Å². The highest BCUT2D eigenvalue weighted by Crippen LogP contribution is 2.22. The number of ether oxygens (including phenoxy) is 1. The molecule has 5 nitrogen and oxygen atoms in total. The second-order valence-corrected chi connectivity index (χ2v) is 9.56. The first-order valence-electron chi connectivity index (χ1n) is 9.60. The highest BCUT2D eigenvalue weighted by Gasteiger charge is 2.29. The summed E-state index contributed by atoms with van der Waals surface area (Å²) in [6, 6.07) is 16.3. The lowest BCUT2D eigenvalue weighted by atomic mass is 9.96. The molecule has 0 saturated carbocycles. The van der Waals surface area contributed by atoms with Gasteiger partial charge in [-0.1, -0.05) is 51.1 Å². The number of aliphatic hydroxyl groups is 1. The van der Waals surface area contributed by atoms with E-state index in [2.05, 4.69) is 0 Å². The predicted octanol–water partition coefficient (Wildman–Crippen LogP) is 3.58. The largest absolute Gasteiger partial charge is 0.497 e. The van der Waals surface area contributed by atoms with Crippen LogP contribution in [0.3, 0.4) is 0 Å². The monoisotopic (exact) mass is 405 g/mol. The zero-order valence-corrected chi connectivity index (χ0v) is 17.9. The van der Waals surface area contributed by atoms with E-state index < -0.39 is 16.1 Å². The summed E-state index contributed by atoms with van der Waals surface area (Å²) in [4.78, 5) is 0.205. The third kappa shape index (κ3) is 6.06. The van der Waals surface area contributed by atoms with Crippen molar-refractivity contribution in [1.29, 1.82) is 0 Å². The van der Waals surface area contributed by atoms with Crippen molar-refractivity contribution in [1.82, 2.24) is 4.31 Å². The van der Waals surface area contributed by atoms with Crippen LogP contribution in [-0.2, 0) is 16.4 Å². The number of hydrogen-bond donors (Lipinski definition) is 1. The molecule has 2 aromatic rings. The summed E-state index contributed by atoms with van der Waals surface area (Å²) in [7, 11) is -2.16. The summed E-state index contributed by atoms with van der Waals surface area (Å²) < 4.78 is 32.8. The van der Waals surface area contributed by atoms with Crippen molar-refractivity contribution in [3.63, 3.8) is 0 Å². The molecule has 6 heteroatoms. The lowest BCUT2D eigenvalue weighted by Gasteiger charge is -2.29. The van der Waals surface area contributed by atoms with Crippen LogP contribution in [0.2, 0.25) is 0 Å². The Balaban J connectivity index is 2.17. The molecule has 1 N–H and O–H groups in total. The normalized spacial score (nSPS) is 14.2. The summed E-state index contributed by atoms with van der Waals surface area (Å²) in [6.07, 6.45) is -0.0629. The first kappa shape index (κ1) is 22.4. The van der Waals surface area contributed by atoms with E-state index in [1.54, 1.807) is 31.4 Å². The topological polar surface area (TPSA) is 66.8 Å². The number of nitrogens with zero attached hydrogens (tertiary/aromatic N) is 1. The van der Waals surface area contributed by atoms with Crippen molar-refractivity contribution in [2.45, 2.75) is 38.2 Å². The van der Waals surface area contributed by atoms with Crippen LogP contribution in [0.1, 0.15) is 26.3 Å². The SMILES string of the molecule is COc1ccc(S(=O)(=O)N(CC(C)C)C[C@@H](O)[C@@H](C)Cc2ccccc2)cc1. The van der Waals surface area contributed by atoms with E-state index >= 15 is 0 Å². The van der Waals surface area contributed by atoms with Crippen LogP contribution >= 0.6 is 0 Å². The highest BCUT2D eigenvalue weighted by molar-refractivity contribution is 7.89. The lowest BCUT2D eigenvalue weighted by molar-refractivity contribution is 0.0919. The number of rotatable bonds is 10. The van der Waals surface area contributed by atoms with Gasteiger partial charge in [0.25, 0.3) is 0 Å². The van der Waals surface area contributed by atoms with E-state index in [0.29, 0.717) is 18.7 Å². The molecule has 0 radical (unpaired) electrons. The molecule has 0 amide bonds. The molecule has 0 saturated heterocycles. The third-order valence-electron chi connectivity index (χ3n) is 4.71. The van der Waals surface area contributed by atoms with E-state index in [0.717, 1.165) is 5.56 Å². The number of methoxy groups -OCH3 is 1. The van der Waals surface area contributed by atoms with Crippen LogP contribution < -0.4 is 4.74 Å². The molecule has 0 aromatic heterocycles. The molecule has 154 valence electrons. The van der Waals surface area contributed by atoms with Gasteiger partial charge in [-0.3, -0.25) is 0 Å². The molecule has 2 atom stereocenters. The summed E-state index contributed by atoms with van der Waals surface area (Å²) in [5.74, 6) is 0.679. The van der Waals surface area contributed by atoms with Crippen molar-refractivity contribution in [2.24, 2.45) is 11.8 Å². The Morgan fingerprint density at radius 2 is 1.57 bits per heavy atom. The minimum absolute atomic E-state index is 0.0665. The molecule has 0 unspecified atom stereocenters. The Morgan fingerprint density at radius 1 is 0.964 bits per heavy atom. The first-order chi connectivity index (χ1) is 13.2. The number of sulfonamides is 1. The molecule has 0 bridgehead atoms. The molecule has 0 fully saturated rings. The zero-order chi connectivity index (χ0) is 20.7. The van der Waals surface area contributed by atoms with Gasteiger partial charge in [-0.25, -0.2) is 8.42 Å². The molecule has 0 aliphatic carbocycles. The van der Waals surface area contributed by atoms with Gasteiger partial charge in [-0.2, -0.15) is 4.31 Å². The van der Waals surface area contributed by atoms with Crippen LogP contribution in [0, 0.1) is 11.8 Å². The Hall–Kier alpha value is -1.89. The average molecular weight is 406 g/mol. The van der Waals surface area contributed by atoms with Crippen LogP contribution in [0.25, 0.3) is 0 Å². The Labute approximate surface area is 169 Å². The lowest BCUT2D eigenvalue weighted by Crippen LogP contribution is -2.42. The number of hydrogen-bond acceptors (Lipinski definition) is 4. The van der Waals surface area contributed by atoms with Gasteiger partial charge in [0.15, 0.2) is 0 Å². The summed E-state index contributed by atoms with van der Waals surface area (Å²) in [6.45, 7) is 6.31. The zero-order valence-electron chi connectivity index (χ0n) is 17.1. The number of benzene rings is 2. The molecule has 2 rings (SSSR count). The van der Waals surface area contributed by atoms with E-state index in [1.165, 1.54) is 4.31 Å². The molecule has 0 spiro atoms. The van der Waals surface area contributed by atoms with Gasteiger partial charge >= 0.3 is 0 Å². The predicted molar refractivity (Wildman–Crippen MR) is 112 cm³/mol.